The van der Waals surface area contributed by atoms with Crippen molar-refractivity contribution in [2.75, 3.05) is 0 Å². The first-order valence-electron chi connectivity index (χ1n) is 8.12. The minimum atomic E-state index is 0.282. The third-order valence-electron chi connectivity index (χ3n) is 4.64. The van der Waals surface area contributed by atoms with Crippen molar-refractivity contribution in [2.24, 2.45) is 0 Å². The molecule has 1 heterocycles. The fourth-order valence-electron chi connectivity index (χ4n) is 3.46. The lowest BCUT2D eigenvalue weighted by Crippen LogP contribution is -2.07. The Hall–Kier alpha value is -2.32. The molecule has 0 spiro atoms. The molecule has 0 aliphatic heterocycles. The van der Waals surface area contributed by atoms with Gasteiger partial charge in [0.25, 0.3) is 0 Å². The van der Waals surface area contributed by atoms with E-state index in [0.29, 0.717) is 0 Å². The maximum atomic E-state index is 4.07. The van der Waals surface area contributed by atoms with E-state index in [9.17, 15) is 0 Å². The molecule has 0 unspecified atom stereocenters. The number of halogens is 1. The molecule has 0 aliphatic carbocycles. The van der Waals surface area contributed by atoms with E-state index in [0.717, 1.165) is 11.0 Å². The highest BCUT2D eigenvalue weighted by atomic mass is 79.9. The lowest BCUT2D eigenvalue weighted by molar-refractivity contribution is 0.676. The number of aromatic nitrogens is 1. The Morgan fingerprint density at radius 2 is 1.58 bits per heavy atom. The highest BCUT2D eigenvalue weighted by Crippen LogP contribution is 2.35. The Morgan fingerprint density at radius 1 is 0.875 bits per heavy atom. The predicted octanol–water partition coefficient (Wildman–Crippen LogP) is 6.53. The van der Waals surface area contributed by atoms with Gasteiger partial charge in [0.15, 0.2) is 0 Å². The molecule has 0 N–H and O–H groups in total. The van der Waals surface area contributed by atoms with Crippen LogP contribution in [0.2, 0.25) is 0 Å². The van der Waals surface area contributed by atoms with E-state index in [2.05, 4.69) is 99.9 Å². The van der Waals surface area contributed by atoms with Gasteiger partial charge in [-0.1, -0.05) is 76.6 Å². The van der Waals surface area contributed by atoms with Gasteiger partial charge in [-0.05, 0) is 23.8 Å². The quantitative estimate of drug-likeness (QED) is 0.357. The molecule has 118 valence electrons. The van der Waals surface area contributed by atoms with E-state index in [4.69, 9.17) is 0 Å². The number of rotatable bonds is 4. The summed E-state index contributed by atoms with van der Waals surface area (Å²) in [6, 6.07) is 25.6. The summed E-state index contributed by atoms with van der Waals surface area (Å²) >= 11 is 3.73. The summed E-state index contributed by atoms with van der Waals surface area (Å²) in [6.45, 7) is 4.96. The van der Waals surface area contributed by atoms with Gasteiger partial charge in [0.1, 0.15) is 0 Å². The van der Waals surface area contributed by atoms with Crippen LogP contribution in [0.5, 0.6) is 0 Å². The maximum absolute atomic E-state index is 4.07. The van der Waals surface area contributed by atoms with Crippen molar-refractivity contribution >= 4 is 37.7 Å². The Balaban J connectivity index is 1.92. The summed E-state index contributed by atoms with van der Waals surface area (Å²) in [5, 5.41) is 2.57. The minimum absolute atomic E-state index is 0.282. The Morgan fingerprint density at radius 3 is 2.38 bits per heavy atom. The van der Waals surface area contributed by atoms with Crippen molar-refractivity contribution in [2.45, 2.75) is 12.5 Å². The third-order valence-corrected chi connectivity index (χ3v) is 5.30. The first-order valence-corrected chi connectivity index (χ1v) is 8.92. The number of hydrogen-bond acceptors (Lipinski definition) is 0. The van der Waals surface area contributed by atoms with Crippen LogP contribution < -0.4 is 0 Å². The fraction of sp³-hybridized carbons (Fsp3) is 0.0909. The molecule has 4 aromatic rings. The van der Waals surface area contributed by atoms with Crippen LogP contribution in [0, 0.1) is 0 Å². The molecule has 1 nitrogen and oxygen atoms in total. The van der Waals surface area contributed by atoms with Crippen LogP contribution in [0.15, 0.2) is 89.9 Å². The van der Waals surface area contributed by atoms with Crippen molar-refractivity contribution in [3.05, 3.63) is 95.5 Å². The van der Waals surface area contributed by atoms with Gasteiger partial charge in [0, 0.05) is 33.2 Å². The van der Waals surface area contributed by atoms with Crippen molar-refractivity contribution in [3.63, 3.8) is 0 Å². The number of benzene rings is 3. The fourth-order valence-corrected chi connectivity index (χ4v) is 4.03. The van der Waals surface area contributed by atoms with Gasteiger partial charge in [-0.2, -0.15) is 0 Å². The topological polar surface area (TPSA) is 4.93 Å². The van der Waals surface area contributed by atoms with E-state index >= 15 is 0 Å². The molecule has 0 aliphatic rings. The zero-order valence-corrected chi connectivity index (χ0v) is 14.9. The number of nitrogens with zero attached hydrogens (tertiary/aromatic N) is 1. The average Bonchev–Trinajstić information content (AvgIpc) is 2.95. The molecule has 1 aromatic heterocycles. The van der Waals surface area contributed by atoms with Crippen LogP contribution in [-0.2, 0) is 6.54 Å². The third kappa shape index (κ3) is 2.47. The Labute approximate surface area is 150 Å². The Bertz CT molecular complexity index is 1010. The summed E-state index contributed by atoms with van der Waals surface area (Å²) in [5.74, 6) is 0.282. The second-order valence-electron chi connectivity index (χ2n) is 6.01. The molecule has 0 bridgehead atoms. The van der Waals surface area contributed by atoms with Gasteiger partial charge < -0.3 is 4.57 Å². The van der Waals surface area contributed by atoms with E-state index in [-0.39, 0.29) is 5.92 Å². The molecule has 0 radical (unpaired) electrons. The molecule has 0 amide bonds. The van der Waals surface area contributed by atoms with E-state index < -0.39 is 0 Å². The maximum Gasteiger partial charge on any atom is 0.0503 e. The molecular formula is C22H18BrN. The lowest BCUT2D eigenvalue weighted by Gasteiger charge is -2.16. The second kappa shape index (κ2) is 6.29. The molecule has 2 heteroatoms. The first-order chi connectivity index (χ1) is 11.8. The van der Waals surface area contributed by atoms with Crippen LogP contribution in [0.1, 0.15) is 11.5 Å². The van der Waals surface area contributed by atoms with Crippen molar-refractivity contribution in [3.8, 4) is 0 Å². The van der Waals surface area contributed by atoms with Crippen molar-refractivity contribution < 1.29 is 0 Å². The number of hydrogen-bond donors (Lipinski definition) is 0. The normalized spacial score (nSPS) is 12.5. The summed E-state index contributed by atoms with van der Waals surface area (Å²) in [5.41, 5.74) is 3.82. The van der Waals surface area contributed by atoms with Gasteiger partial charge in [0.05, 0.1) is 5.52 Å². The standard InChI is InChI=1S/C22H18BrN/c1-2-16(17-9-4-3-5-10-17)15-24-20-13-7-6-11-18(20)22-19(23)12-8-14-21(22)24/h2-14,16H,1,15H2/t16-/m1/s1. The van der Waals surface area contributed by atoms with Crippen LogP contribution in [0.3, 0.4) is 0 Å². The van der Waals surface area contributed by atoms with Gasteiger partial charge >= 0.3 is 0 Å². The first kappa shape index (κ1) is 15.2. The Kier molecular flexibility index (Phi) is 3.99. The van der Waals surface area contributed by atoms with E-state index in [1.807, 2.05) is 6.08 Å². The van der Waals surface area contributed by atoms with Crippen LogP contribution in [-0.4, -0.2) is 4.57 Å². The molecule has 4 rings (SSSR count). The van der Waals surface area contributed by atoms with Crippen molar-refractivity contribution in [1.82, 2.24) is 4.57 Å². The molecule has 0 saturated carbocycles. The SMILES string of the molecule is C=C[C@H](Cn1c2ccccc2c2c(Br)cccc21)c1ccccc1. The second-order valence-corrected chi connectivity index (χ2v) is 6.87. The average molecular weight is 376 g/mol. The number of fused-ring (bicyclic) bond motifs is 3. The minimum Gasteiger partial charge on any atom is -0.340 e. The van der Waals surface area contributed by atoms with Gasteiger partial charge in [-0.3, -0.25) is 0 Å². The summed E-state index contributed by atoms with van der Waals surface area (Å²) in [4.78, 5) is 0. The molecule has 1 atom stereocenters. The van der Waals surface area contributed by atoms with Crippen molar-refractivity contribution in [1.29, 1.82) is 0 Å². The monoisotopic (exact) mass is 375 g/mol. The summed E-state index contributed by atoms with van der Waals surface area (Å²) < 4.78 is 3.55. The molecular weight excluding hydrogens is 358 g/mol. The number of allylic oxidation sites excluding steroid dienone is 1. The van der Waals surface area contributed by atoms with Crippen LogP contribution in [0.25, 0.3) is 21.8 Å². The predicted molar refractivity (Wildman–Crippen MR) is 107 cm³/mol. The molecule has 24 heavy (non-hydrogen) atoms. The van der Waals surface area contributed by atoms with Gasteiger partial charge in [-0.15, -0.1) is 6.58 Å². The van der Waals surface area contributed by atoms with E-state index in [1.54, 1.807) is 0 Å². The smallest absolute Gasteiger partial charge is 0.0503 e. The van der Waals surface area contributed by atoms with E-state index in [1.165, 1.54) is 27.4 Å². The van der Waals surface area contributed by atoms with Crippen LogP contribution >= 0.6 is 15.9 Å². The zero-order valence-electron chi connectivity index (χ0n) is 13.3. The van der Waals surface area contributed by atoms with Gasteiger partial charge in [0.2, 0.25) is 0 Å². The summed E-state index contributed by atoms with van der Waals surface area (Å²) in [7, 11) is 0. The highest BCUT2D eigenvalue weighted by Gasteiger charge is 2.15. The number of para-hydroxylation sites is 1. The van der Waals surface area contributed by atoms with Gasteiger partial charge in [-0.25, -0.2) is 0 Å². The highest BCUT2D eigenvalue weighted by molar-refractivity contribution is 9.10. The summed E-state index contributed by atoms with van der Waals surface area (Å²) in [6.07, 6.45) is 2.05. The molecule has 0 saturated heterocycles. The molecule has 0 fully saturated rings. The van der Waals surface area contributed by atoms with Crippen LogP contribution in [0.4, 0.5) is 0 Å². The largest absolute Gasteiger partial charge is 0.340 e. The molecule has 3 aromatic carbocycles. The zero-order chi connectivity index (χ0) is 16.5. The lowest BCUT2D eigenvalue weighted by atomic mass is 9.99.